The van der Waals surface area contributed by atoms with Crippen LogP contribution < -0.4 is 5.32 Å². The number of amides is 1. The topological polar surface area (TPSA) is 89.5 Å². The Labute approximate surface area is 191 Å². The molecule has 174 valence electrons. The van der Waals surface area contributed by atoms with Gasteiger partial charge in [-0.25, -0.2) is 13.2 Å². The summed E-state index contributed by atoms with van der Waals surface area (Å²) < 4.78 is 30.0. The molecule has 2 aromatic carbocycles. The van der Waals surface area contributed by atoms with Crippen LogP contribution >= 0.6 is 0 Å². The second kappa shape index (κ2) is 13.0. The molecule has 7 heteroatoms. The Morgan fingerprint density at radius 3 is 2.09 bits per heavy atom. The first kappa shape index (κ1) is 25.6. The minimum Gasteiger partial charge on any atom is -0.459 e. The summed E-state index contributed by atoms with van der Waals surface area (Å²) in [7, 11) is -3.38. The number of nitrogens with one attached hydrogen (secondary N) is 1. The summed E-state index contributed by atoms with van der Waals surface area (Å²) in [6, 6.07) is 17.8. The van der Waals surface area contributed by atoms with Gasteiger partial charge in [0.15, 0.2) is 9.84 Å². The molecule has 1 N–H and O–H groups in total. The molecular weight excluding hydrogens is 426 g/mol. The van der Waals surface area contributed by atoms with Crippen molar-refractivity contribution in [2.24, 2.45) is 5.92 Å². The standard InChI is InChI=1S/C25H33NO5S/c1-3-5-16-23(25(28)31-18-21-14-10-7-11-15-21)26-24(27)22(19-32(29,30)4-2)17-20-12-8-6-9-13-20/h6-15,22-23H,3-5,16-19H2,1-2H3,(H,26,27)/t22-,23+/m1/s1. The molecule has 2 rings (SSSR count). The average Bonchev–Trinajstić information content (AvgIpc) is 2.80. The van der Waals surface area contributed by atoms with Crippen molar-refractivity contribution in [2.45, 2.75) is 52.2 Å². The summed E-state index contributed by atoms with van der Waals surface area (Å²) >= 11 is 0. The van der Waals surface area contributed by atoms with Gasteiger partial charge in [-0.3, -0.25) is 4.79 Å². The lowest BCUT2D eigenvalue weighted by atomic mass is 9.99. The Morgan fingerprint density at radius 2 is 1.53 bits per heavy atom. The molecule has 0 saturated carbocycles. The molecule has 32 heavy (non-hydrogen) atoms. The van der Waals surface area contributed by atoms with Gasteiger partial charge in [-0.2, -0.15) is 0 Å². The van der Waals surface area contributed by atoms with Crippen LogP contribution in [0.5, 0.6) is 0 Å². The zero-order valence-corrected chi connectivity index (χ0v) is 19.6. The molecule has 6 nitrogen and oxygen atoms in total. The number of sulfone groups is 1. The minimum absolute atomic E-state index is 0.0377. The molecule has 2 aromatic rings. The van der Waals surface area contributed by atoms with Gasteiger partial charge in [0.2, 0.25) is 5.91 Å². The van der Waals surface area contributed by atoms with Crippen molar-refractivity contribution >= 4 is 21.7 Å². The number of esters is 1. The molecule has 0 aliphatic heterocycles. The summed E-state index contributed by atoms with van der Waals surface area (Å²) in [5.41, 5.74) is 1.73. The summed E-state index contributed by atoms with van der Waals surface area (Å²) in [5.74, 6) is -2.03. The molecule has 0 unspecified atom stereocenters. The lowest BCUT2D eigenvalue weighted by Crippen LogP contribution is -2.46. The van der Waals surface area contributed by atoms with E-state index in [9.17, 15) is 18.0 Å². The maximum Gasteiger partial charge on any atom is 0.328 e. The van der Waals surface area contributed by atoms with Crippen molar-refractivity contribution in [1.29, 1.82) is 0 Å². The predicted molar refractivity (Wildman–Crippen MR) is 126 cm³/mol. The minimum atomic E-state index is -3.38. The lowest BCUT2D eigenvalue weighted by Gasteiger charge is -2.22. The molecule has 0 aliphatic carbocycles. The van der Waals surface area contributed by atoms with E-state index in [1.54, 1.807) is 6.92 Å². The van der Waals surface area contributed by atoms with Crippen molar-refractivity contribution in [2.75, 3.05) is 11.5 Å². The third kappa shape index (κ3) is 8.83. The maximum atomic E-state index is 13.1. The molecule has 0 aromatic heterocycles. The van der Waals surface area contributed by atoms with E-state index in [1.807, 2.05) is 67.6 Å². The van der Waals surface area contributed by atoms with E-state index in [-0.39, 0.29) is 24.5 Å². The van der Waals surface area contributed by atoms with Crippen LogP contribution in [-0.4, -0.2) is 37.8 Å². The van der Waals surface area contributed by atoms with Crippen molar-refractivity contribution in [1.82, 2.24) is 5.32 Å². The molecule has 0 fully saturated rings. The second-order valence-electron chi connectivity index (χ2n) is 7.88. The van der Waals surface area contributed by atoms with Gasteiger partial charge in [0.1, 0.15) is 12.6 Å². The first-order chi connectivity index (χ1) is 15.3. The largest absolute Gasteiger partial charge is 0.459 e. The molecule has 0 saturated heterocycles. The van der Waals surface area contributed by atoms with Gasteiger partial charge in [-0.1, -0.05) is 87.4 Å². The second-order valence-corrected chi connectivity index (χ2v) is 10.3. The van der Waals surface area contributed by atoms with Crippen molar-refractivity contribution in [3.8, 4) is 0 Å². The fourth-order valence-electron chi connectivity index (χ4n) is 3.33. The summed E-state index contributed by atoms with van der Waals surface area (Å²) in [5, 5.41) is 2.78. The Balaban J connectivity index is 2.11. The summed E-state index contributed by atoms with van der Waals surface area (Å²) in [6.07, 6.45) is 2.32. The Kier molecular flexibility index (Phi) is 10.4. The SMILES string of the molecule is CCCC[C@H](NC(=O)[C@H](Cc1ccccc1)CS(=O)(=O)CC)C(=O)OCc1ccccc1. The Bertz CT molecular complexity index is 945. The number of carbonyl (C=O) groups excluding carboxylic acids is 2. The highest BCUT2D eigenvalue weighted by atomic mass is 32.2. The Morgan fingerprint density at radius 1 is 0.938 bits per heavy atom. The van der Waals surface area contributed by atoms with Gasteiger partial charge in [0.05, 0.1) is 11.7 Å². The van der Waals surface area contributed by atoms with Crippen LogP contribution in [-0.2, 0) is 37.2 Å². The molecule has 0 heterocycles. The quantitative estimate of drug-likeness (QED) is 0.461. The highest BCUT2D eigenvalue weighted by Gasteiger charge is 2.29. The number of hydrogen-bond acceptors (Lipinski definition) is 5. The van der Waals surface area contributed by atoms with E-state index >= 15 is 0 Å². The molecular formula is C25H33NO5S. The van der Waals surface area contributed by atoms with Gasteiger partial charge >= 0.3 is 5.97 Å². The van der Waals surface area contributed by atoms with Crippen LogP contribution in [0.15, 0.2) is 60.7 Å². The molecule has 0 aliphatic rings. The zero-order valence-electron chi connectivity index (χ0n) is 18.8. The van der Waals surface area contributed by atoms with E-state index in [1.165, 1.54) is 0 Å². The third-order valence-electron chi connectivity index (χ3n) is 5.26. The summed E-state index contributed by atoms with van der Waals surface area (Å²) in [4.78, 5) is 25.8. The van der Waals surface area contributed by atoms with E-state index in [4.69, 9.17) is 4.74 Å². The van der Waals surface area contributed by atoms with Crippen LogP contribution in [0.25, 0.3) is 0 Å². The van der Waals surface area contributed by atoms with Crippen molar-refractivity contribution in [3.05, 3.63) is 71.8 Å². The van der Waals surface area contributed by atoms with Crippen LogP contribution in [0, 0.1) is 5.92 Å². The maximum absolute atomic E-state index is 13.1. The number of ether oxygens (including phenoxy) is 1. The highest BCUT2D eigenvalue weighted by Crippen LogP contribution is 2.14. The zero-order chi connectivity index (χ0) is 23.4. The van der Waals surface area contributed by atoms with E-state index in [2.05, 4.69) is 5.32 Å². The van der Waals surface area contributed by atoms with E-state index in [0.717, 1.165) is 24.0 Å². The van der Waals surface area contributed by atoms with Gasteiger partial charge < -0.3 is 10.1 Å². The monoisotopic (exact) mass is 459 g/mol. The smallest absolute Gasteiger partial charge is 0.328 e. The molecule has 2 atom stereocenters. The summed E-state index contributed by atoms with van der Waals surface area (Å²) in [6.45, 7) is 3.69. The predicted octanol–water partition coefficient (Wildman–Crippen LogP) is 3.70. The number of rotatable bonds is 13. The van der Waals surface area contributed by atoms with Crippen LogP contribution in [0.4, 0.5) is 0 Å². The van der Waals surface area contributed by atoms with Crippen LogP contribution in [0.1, 0.15) is 44.2 Å². The first-order valence-corrected chi connectivity index (χ1v) is 12.9. The van der Waals surface area contributed by atoms with Crippen LogP contribution in [0.2, 0.25) is 0 Å². The number of unbranched alkanes of at least 4 members (excludes halogenated alkanes) is 1. The highest BCUT2D eigenvalue weighted by molar-refractivity contribution is 7.91. The molecule has 0 bridgehead atoms. The van der Waals surface area contributed by atoms with Gasteiger partial charge in [0, 0.05) is 5.75 Å². The number of hydrogen-bond donors (Lipinski definition) is 1. The van der Waals surface area contributed by atoms with Crippen LogP contribution in [0.3, 0.4) is 0 Å². The van der Waals surface area contributed by atoms with Gasteiger partial charge in [0.25, 0.3) is 0 Å². The fourth-order valence-corrected chi connectivity index (χ4v) is 4.44. The van der Waals surface area contributed by atoms with Crippen molar-refractivity contribution in [3.63, 3.8) is 0 Å². The lowest BCUT2D eigenvalue weighted by molar-refractivity contribution is -0.149. The fraction of sp³-hybridized carbons (Fsp3) is 0.440. The molecule has 0 spiro atoms. The van der Waals surface area contributed by atoms with Gasteiger partial charge in [-0.15, -0.1) is 0 Å². The number of carbonyl (C=O) groups is 2. The molecule has 0 radical (unpaired) electrons. The average molecular weight is 460 g/mol. The first-order valence-electron chi connectivity index (χ1n) is 11.1. The third-order valence-corrected chi connectivity index (χ3v) is 7.05. The molecule has 1 amide bonds. The van der Waals surface area contributed by atoms with E-state index in [0.29, 0.717) is 6.42 Å². The number of benzene rings is 2. The van der Waals surface area contributed by atoms with Crippen molar-refractivity contribution < 1.29 is 22.7 Å². The van der Waals surface area contributed by atoms with Gasteiger partial charge in [-0.05, 0) is 24.0 Å². The normalized spacial score (nSPS) is 13.2. The Hall–Kier alpha value is -2.67. The van der Waals surface area contributed by atoms with E-state index < -0.39 is 33.7 Å².